The predicted molar refractivity (Wildman–Crippen MR) is 94.0 cm³/mol. The average Bonchev–Trinajstić information content (AvgIpc) is 2.60. The van der Waals surface area contributed by atoms with E-state index < -0.39 is 23.6 Å². The maximum atomic E-state index is 13.8. The number of hydrogen-bond acceptors (Lipinski definition) is 4. The Morgan fingerprint density at radius 2 is 2.08 bits per heavy atom. The highest BCUT2D eigenvalue weighted by atomic mass is 35.5. The maximum absolute atomic E-state index is 13.8. The molecule has 26 heavy (non-hydrogen) atoms. The topological polar surface area (TPSA) is 74.2 Å². The van der Waals surface area contributed by atoms with Crippen molar-refractivity contribution in [1.29, 1.82) is 5.26 Å². The fraction of sp³-hybridized carbons (Fsp3) is 0.222. The number of halogens is 3. The molecule has 2 N–H and O–H groups in total. The normalized spacial score (nSPS) is 11.3. The van der Waals surface area contributed by atoms with E-state index in [4.69, 9.17) is 21.6 Å². The van der Waals surface area contributed by atoms with E-state index in [-0.39, 0.29) is 18.5 Å². The van der Waals surface area contributed by atoms with Crippen LogP contribution in [0.4, 0.5) is 14.5 Å². The fourth-order valence-electron chi connectivity index (χ4n) is 2.28. The number of methoxy groups -OCH3 is 1. The van der Waals surface area contributed by atoms with Crippen LogP contribution in [0.2, 0.25) is 5.02 Å². The van der Waals surface area contributed by atoms with Crippen molar-refractivity contribution in [1.82, 2.24) is 5.32 Å². The number of ether oxygens (including phenoxy) is 1. The summed E-state index contributed by atoms with van der Waals surface area (Å²) in [7, 11) is 1.51. The Kier molecular flexibility index (Phi) is 6.75. The van der Waals surface area contributed by atoms with Gasteiger partial charge in [-0.15, -0.1) is 0 Å². The number of rotatable bonds is 7. The molecule has 2 aromatic rings. The van der Waals surface area contributed by atoms with Crippen LogP contribution in [0.1, 0.15) is 18.0 Å². The zero-order valence-electron chi connectivity index (χ0n) is 13.9. The Morgan fingerprint density at radius 3 is 2.73 bits per heavy atom. The molecule has 0 radical (unpaired) electrons. The van der Waals surface area contributed by atoms with Gasteiger partial charge in [0.15, 0.2) is 0 Å². The van der Waals surface area contributed by atoms with Crippen LogP contribution < -0.4 is 15.4 Å². The van der Waals surface area contributed by atoms with E-state index in [9.17, 15) is 13.6 Å². The lowest BCUT2D eigenvalue weighted by molar-refractivity contribution is -0.121. The molecule has 0 aliphatic carbocycles. The van der Waals surface area contributed by atoms with Gasteiger partial charge < -0.3 is 15.4 Å². The van der Waals surface area contributed by atoms with E-state index in [1.165, 1.54) is 7.11 Å². The molecule has 0 saturated carbocycles. The van der Waals surface area contributed by atoms with Crippen LogP contribution in [0, 0.1) is 23.0 Å². The van der Waals surface area contributed by atoms with Gasteiger partial charge in [0.2, 0.25) is 5.91 Å². The van der Waals surface area contributed by atoms with Crippen molar-refractivity contribution in [2.24, 2.45) is 0 Å². The Morgan fingerprint density at radius 1 is 1.31 bits per heavy atom. The number of hydrogen-bond donors (Lipinski definition) is 2. The first-order valence-corrected chi connectivity index (χ1v) is 8.03. The molecule has 0 bridgehead atoms. The van der Waals surface area contributed by atoms with E-state index in [2.05, 4.69) is 10.6 Å². The van der Waals surface area contributed by atoms with Gasteiger partial charge in [-0.25, -0.2) is 8.78 Å². The number of nitriles is 1. The van der Waals surface area contributed by atoms with Gasteiger partial charge in [0.05, 0.1) is 18.9 Å². The largest absolute Gasteiger partial charge is 0.495 e. The van der Waals surface area contributed by atoms with Gasteiger partial charge in [0.1, 0.15) is 23.4 Å². The van der Waals surface area contributed by atoms with Gasteiger partial charge >= 0.3 is 0 Å². The van der Waals surface area contributed by atoms with Crippen LogP contribution in [0.5, 0.6) is 5.75 Å². The molecule has 2 aromatic carbocycles. The highest BCUT2D eigenvalue weighted by Gasteiger charge is 2.18. The number of anilines is 1. The first kappa shape index (κ1) is 19.5. The molecule has 1 amide bonds. The minimum absolute atomic E-state index is 0.0245. The molecular weight excluding hydrogens is 364 g/mol. The summed E-state index contributed by atoms with van der Waals surface area (Å²) in [6, 6.07) is 8.43. The van der Waals surface area contributed by atoms with Gasteiger partial charge in [0.25, 0.3) is 0 Å². The standard InChI is InChI=1S/C18H16ClF2N3O2/c1-26-17-5-2-11(19)8-15(17)23-7-6-18(25)24-16(10-22)13-4-3-12(20)9-14(13)21/h2-5,8-9,16,23H,6-7H2,1H3,(H,24,25). The molecule has 0 fully saturated rings. The molecular formula is C18H16ClF2N3O2. The van der Waals surface area contributed by atoms with Crippen molar-refractivity contribution < 1.29 is 18.3 Å². The quantitative estimate of drug-likeness (QED) is 0.767. The molecule has 0 spiro atoms. The van der Waals surface area contributed by atoms with Crippen LogP contribution in [-0.4, -0.2) is 19.6 Å². The molecule has 0 aliphatic rings. The maximum Gasteiger partial charge on any atom is 0.223 e. The third-order valence-electron chi connectivity index (χ3n) is 3.54. The summed E-state index contributed by atoms with van der Waals surface area (Å²) in [6.45, 7) is 0.243. The van der Waals surface area contributed by atoms with Gasteiger partial charge in [-0.1, -0.05) is 17.7 Å². The first-order chi connectivity index (χ1) is 12.4. The lowest BCUT2D eigenvalue weighted by atomic mass is 10.1. The summed E-state index contributed by atoms with van der Waals surface area (Å²) >= 11 is 5.92. The summed E-state index contributed by atoms with van der Waals surface area (Å²) in [5, 5.41) is 15.1. The molecule has 0 heterocycles. The second-order valence-corrected chi connectivity index (χ2v) is 5.75. The van der Waals surface area contributed by atoms with E-state index in [0.717, 1.165) is 12.1 Å². The minimum atomic E-state index is -1.20. The molecule has 136 valence electrons. The molecule has 0 aromatic heterocycles. The molecule has 0 saturated heterocycles. The fourth-order valence-corrected chi connectivity index (χ4v) is 2.45. The smallest absolute Gasteiger partial charge is 0.223 e. The lowest BCUT2D eigenvalue weighted by Gasteiger charge is -2.14. The van der Waals surface area contributed by atoms with E-state index in [1.807, 2.05) is 0 Å². The average molecular weight is 380 g/mol. The van der Waals surface area contributed by atoms with Crippen molar-refractivity contribution in [2.45, 2.75) is 12.5 Å². The van der Waals surface area contributed by atoms with Crippen LogP contribution in [0.15, 0.2) is 36.4 Å². The zero-order valence-corrected chi connectivity index (χ0v) is 14.6. The Hall–Kier alpha value is -2.85. The summed E-state index contributed by atoms with van der Waals surface area (Å²) < 4.78 is 31.9. The van der Waals surface area contributed by atoms with Crippen molar-refractivity contribution >= 4 is 23.2 Å². The highest BCUT2D eigenvalue weighted by Crippen LogP contribution is 2.27. The molecule has 1 atom stereocenters. The third kappa shape index (κ3) is 5.07. The number of nitrogens with one attached hydrogen (secondary N) is 2. The summed E-state index contributed by atoms with van der Waals surface area (Å²) in [5.41, 5.74) is 0.529. The number of nitrogens with zero attached hydrogens (tertiary/aromatic N) is 1. The number of benzene rings is 2. The van der Waals surface area contributed by atoms with Gasteiger partial charge in [-0.05, 0) is 24.3 Å². The molecule has 0 aliphatic heterocycles. The first-order valence-electron chi connectivity index (χ1n) is 7.66. The number of carbonyl (C=O) groups excluding carboxylic acids is 1. The van der Waals surface area contributed by atoms with Gasteiger partial charge in [-0.3, -0.25) is 4.79 Å². The Bertz CT molecular complexity index is 840. The van der Waals surface area contributed by atoms with E-state index in [1.54, 1.807) is 24.3 Å². The van der Waals surface area contributed by atoms with Crippen molar-refractivity contribution in [2.75, 3.05) is 19.0 Å². The second kappa shape index (κ2) is 9.02. The number of amides is 1. The number of carbonyl (C=O) groups is 1. The zero-order chi connectivity index (χ0) is 19.1. The lowest BCUT2D eigenvalue weighted by Crippen LogP contribution is -2.29. The Labute approximate surface area is 154 Å². The Balaban J connectivity index is 1.94. The minimum Gasteiger partial charge on any atom is -0.495 e. The summed E-state index contributed by atoms with van der Waals surface area (Å²) in [6.07, 6.45) is 0.0245. The molecule has 1 unspecified atom stereocenters. The van der Waals surface area contributed by atoms with E-state index in [0.29, 0.717) is 22.5 Å². The second-order valence-electron chi connectivity index (χ2n) is 5.32. The van der Waals surface area contributed by atoms with Crippen LogP contribution in [0.25, 0.3) is 0 Å². The van der Waals surface area contributed by atoms with Crippen molar-refractivity contribution in [3.05, 3.63) is 58.6 Å². The van der Waals surface area contributed by atoms with Gasteiger partial charge in [0, 0.05) is 29.6 Å². The monoisotopic (exact) mass is 379 g/mol. The third-order valence-corrected chi connectivity index (χ3v) is 3.77. The van der Waals surface area contributed by atoms with Crippen LogP contribution in [0.3, 0.4) is 0 Å². The van der Waals surface area contributed by atoms with Crippen LogP contribution in [-0.2, 0) is 4.79 Å². The van der Waals surface area contributed by atoms with Gasteiger partial charge in [-0.2, -0.15) is 5.26 Å². The predicted octanol–water partition coefficient (Wildman–Crippen LogP) is 3.81. The highest BCUT2D eigenvalue weighted by molar-refractivity contribution is 6.30. The van der Waals surface area contributed by atoms with Crippen molar-refractivity contribution in [3.8, 4) is 11.8 Å². The van der Waals surface area contributed by atoms with Crippen LogP contribution >= 0.6 is 11.6 Å². The molecule has 2 rings (SSSR count). The molecule has 5 nitrogen and oxygen atoms in total. The van der Waals surface area contributed by atoms with E-state index >= 15 is 0 Å². The SMILES string of the molecule is COc1ccc(Cl)cc1NCCC(=O)NC(C#N)c1ccc(F)cc1F. The van der Waals surface area contributed by atoms with Crippen molar-refractivity contribution in [3.63, 3.8) is 0 Å². The summed E-state index contributed by atoms with van der Waals surface area (Å²) in [4.78, 5) is 12.0. The summed E-state index contributed by atoms with van der Waals surface area (Å²) in [5.74, 6) is -1.54. The molecule has 8 heteroatoms.